The van der Waals surface area contributed by atoms with E-state index in [0.29, 0.717) is 12.6 Å². The lowest BCUT2D eigenvalue weighted by atomic mass is 9.97. The van der Waals surface area contributed by atoms with Crippen molar-refractivity contribution in [3.8, 4) is 0 Å². The Morgan fingerprint density at radius 3 is 2.61 bits per heavy atom. The van der Waals surface area contributed by atoms with Crippen molar-refractivity contribution in [2.24, 2.45) is 5.92 Å². The number of rotatable bonds is 7. The van der Waals surface area contributed by atoms with Crippen molar-refractivity contribution < 1.29 is 9.53 Å². The standard InChI is InChI=1S/C14H28N2O2/c1-4-18-14(17)13-6-10-16(11-7-13)9-5-8-15-12(2)3/h12-13,15H,4-11H2,1-3H3. The Hall–Kier alpha value is -0.610. The molecule has 1 aliphatic heterocycles. The SMILES string of the molecule is CCOC(=O)C1CCN(CCCNC(C)C)CC1. The summed E-state index contributed by atoms with van der Waals surface area (Å²) in [6.07, 6.45) is 3.09. The topological polar surface area (TPSA) is 41.6 Å². The van der Waals surface area contributed by atoms with Crippen molar-refractivity contribution >= 4 is 5.97 Å². The maximum absolute atomic E-state index is 11.6. The Morgan fingerprint density at radius 2 is 2.06 bits per heavy atom. The molecule has 1 fully saturated rings. The fraction of sp³-hybridized carbons (Fsp3) is 0.929. The molecule has 0 amide bonds. The predicted molar refractivity (Wildman–Crippen MR) is 73.6 cm³/mol. The van der Waals surface area contributed by atoms with E-state index in [2.05, 4.69) is 24.1 Å². The minimum Gasteiger partial charge on any atom is -0.466 e. The number of nitrogens with zero attached hydrogens (tertiary/aromatic N) is 1. The number of piperidine rings is 1. The Kier molecular flexibility index (Phi) is 7.28. The van der Waals surface area contributed by atoms with Gasteiger partial charge in [0.15, 0.2) is 0 Å². The van der Waals surface area contributed by atoms with Gasteiger partial charge >= 0.3 is 5.97 Å². The van der Waals surface area contributed by atoms with E-state index in [9.17, 15) is 4.79 Å². The molecular weight excluding hydrogens is 228 g/mol. The summed E-state index contributed by atoms with van der Waals surface area (Å²) >= 11 is 0. The zero-order valence-electron chi connectivity index (χ0n) is 12.1. The van der Waals surface area contributed by atoms with Crippen LogP contribution in [0.5, 0.6) is 0 Å². The molecule has 0 bridgehead atoms. The Balaban J connectivity index is 2.10. The van der Waals surface area contributed by atoms with Gasteiger partial charge in [-0.15, -0.1) is 0 Å². The lowest BCUT2D eigenvalue weighted by Gasteiger charge is -2.30. The average molecular weight is 256 g/mol. The third kappa shape index (κ3) is 5.83. The molecule has 0 aromatic rings. The molecule has 0 aliphatic carbocycles. The lowest BCUT2D eigenvalue weighted by Crippen LogP contribution is -2.38. The Morgan fingerprint density at radius 1 is 1.39 bits per heavy atom. The van der Waals surface area contributed by atoms with Gasteiger partial charge < -0.3 is 15.0 Å². The van der Waals surface area contributed by atoms with Crippen molar-refractivity contribution in [1.82, 2.24) is 10.2 Å². The Bertz CT molecular complexity index is 236. The number of hydrogen-bond acceptors (Lipinski definition) is 4. The quantitative estimate of drug-likeness (QED) is 0.555. The molecule has 0 radical (unpaired) electrons. The van der Waals surface area contributed by atoms with E-state index in [1.54, 1.807) is 0 Å². The van der Waals surface area contributed by atoms with Gasteiger partial charge in [0.05, 0.1) is 12.5 Å². The molecule has 0 unspecified atom stereocenters. The number of carbonyl (C=O) groups excluding carboxylic acids is 1. The van der Waals surface area contributed by atoms with Crippen LogP contribution >= 0.6 is 0 Å². The van der Waals surface area contributed by atoms with Gasteiger partial charge in [0.1, 0.15) is 0 Å². The normalized spacial score (nSPS) is 18.2. The number of likely N-dealkylation sites (tertiary alicyclic amines) is 1. The van der Waals surface area contributed by atoms with Crippen LogP contribution in [0.15, 0.2) is 0 Å². The molecule has 18 heavy (non-hydrogen) atoms. The number of carbonyl (C=O) groups is 1. The van der Waals surface area contributed by atoms with Crippen LogP contribution in [0.3, 0.4) is 0 Å². The third-order valence-electron chi connectivity index (χ3n) is 3.41. The van der Waals surface area contributed by atoms with Crippen LogP contribution in [0.25, 0.3) is 0 Å². The zero-order chi connectivity index (χ0) is 13.4. The van der Waals surface area contributed by atoms with E-state index in [0.717, 1.165) is 39.0 Å². The molecule has 0 spiro atoms. The van der Waals surface area contributed by atoms with E-state index in [4.69, 9.17) is 4.74 Å². The largest absolute Gasteiger partial charge is 0.466 e. The van der Waals surface area contributed by atoms with E-state index in [-0.39, 0.29) is 11.9 Å². The zero-order valence-corrected chi connectivity index (χ0v) is 12.1. The van der Waals surface area contributed by atoms with Gasteiger partial charge in [-0.2, -0.15) is 0 Å². The summed E-state index contributed by atoms with van der Waals surface area (Å²) in [7, 11) is 0. The minimum atomic E-state index is -0.00127. The predicted octanol–water partition coefficient (Wildman–Crippen LogP) is 1.65. The number of hydrogen-bond donors (Lipinski definition) is 1. The first kappa shape index (κ1) is 15.4. The van der Waals surface area contributed by atoms with Crippen molar-refractivity contribution in [3.05, 3.63) is 0 Å². The molecule has 0 aromatic heterocycles. The molecule has 4 heteroatoms. The summed E-state index contributed by atoms with van der Waals surface area (Å²) < 4.78 is 5.07. The van der Waals surface area contributed by atoms with E-state index in [1.165, 1.54) is 6.42 Å². The molecule has 1 rings (SSSR count). The summed E-state index contributed by atoms with van der Waals surface area (Å²) in [5, 5.41) is 3.43. The molecule has 0 saturated carbocycles. The van der Waals surface area contributed by atoms with Gasteiger partial charge in [0, 0.05) is 6.04 Å². The van der Waals surface area contributed by atoms with E-state index >= 15 is 0 Å². The monoisotopic (exact) mass is 256 g/mol. The molecule has 1 N–H and O–H groups in total. The number of nitrogens with one attached hydrogen (secondary N) is 1. The van der Waals surface area contributed by atoms with Crippen LogP contribution in [0, 0.1) is 5.92 Å². The molecule has 1 heterocycles. The van der Waals surface area contributed by atoms with Crippen LogP contribution in [0.4, 0.5) is 0 Å². The number of esters is 1. The summed E-state index contributed by atoms with van der Waals surface area (Å²) in [4.78, 5) is 14.0. The molecule has 1 aliphatic rings. The highest BCUT2D eigenvalue weighted by Gasteiger charge is 2.25. The second kappa shape index (κ2) is 8.48. The molecule has 1 saturated heterocycles. The first-order valence-corrected chi connectivity index (χ1v) is 7.25. The van der Waals surface area contributed by atoms with Crippen molar-refractivity contribution in [2.75, 3.05) is 32.8 Å². The molecule has 4 nitrogen and oxygen atoms in total. The maximum atomic E-state index is 11.6. The van der Waals surface area contributed by atoms with Crippen LogP contribution in [-0.2, 0) is 9.53 Å². The highest BCUT2D eigenvalue weighted by atomic mass is 16.5. The molecule has 0 atom stereocenters. The second-order valence-corrected chi connectivity index (χ2v) is 5.33. The fourth-order valence-electron chi connectivity index (χ4n) is 2.35. The minimum absolute atomic E-state index is 0.00127. The fourth-order valence-corrected chi connectivity index (χ4v) is 2.35. The van der Waals surface area contributed by atoms with Gasteiger partial charge in [-0.05, 0) is 52.4 Å². The highest BCUT2D eigenvalue weighted by molar-refractivity contribution is 5.72. The summed E-state index contributed by atoms with van der Waals surface area (Å²) in [6, 6.07) is 0.569. The van der Waals surface area contributed by atoms with Gasteiger partial charge in [-0.1, -0.05) is 13.8 Å². The van der Waals surface area contributed by atoms with Gasteiger partial charge in [-0.25, -0.2) is 0 Å². The molecular formula is C14H28N2O2. The summed E-state index contributed by atoms with van der Waals surface area (Å²) in [5.41, 5.74) is 0. The van der Waals surface area contributed by atoms with Crippen molar-refractivity contribution in [3.63, 3.8) is 0 Å². The van der Waals surface area contributed by atoms with Crippen molar-refractivity contribution in [1.29, 1.82) is 0 Å². The van der Waals surface area contributed by atoms with Crippen LogP contribution in [0.1, 0.15) is 40.0 Å². The number of ether oxygens (including phenoxy) is 1. The van der Waals surface area contributed by atoms with Crippen LogP contribution in [-0.4, -0.2) is 49.7 Å². The first-order chi connectivity index (χ1) is 8.63. The van der Waals surface area contributed by atoms with Crippen LogP contribution < -0.4 is 5.32 Å². The van der Waals surface area contributed by atoms with Crippen LogP contribution in [0.2, 0.25) is 0 Å². The second-order valence-electron chi connectivity index (χ2n) is 5.33. The molecule has 0 aromatic carbocycles. The van der Waals surface area contributed by atoms with Gasteiger partial charge in [0.25, 0.3) is 0 Å². The van der Waals surface area contributed by atoms with Crippen molar-refractivity contribution in [2.45, 2.75) is 46.1 Å². The van der Waals surface area contributed by atoms with Gasteiger partial charge in [-0.3, -0.25) is 4.79 Å². The lowest BCUT2D eigenvalue weighted by molar-refractivity contribution is -0.149. The van der Waals surface area contributed by atoms with E-state index in [1.807, 2.05) is 6.92 Å². The smallest absolute Gasteiger partial charge is 0.309 e. The first-order valence-electron chi connectivity index (χ1n) is 7.25. The summed E-state index contributed by atoms with van der Waals surface area (Å²) in [5.74, 6) is 0.133. The molecule has 106 valence electrons. The average Bonchev–Trinajstić information content (AvgIpc) is 2.35. The van der Waals surface area contributed by atoms with E-state index < -0.39 is 0 Å². The van der Waals surface area contributed by atoms with Gasteiger partial charge in [0.2, 0.25) is 0 Å². The maximum Gasteiger partial charge on any atom is 0.309 e. The Labute approximate surface area is 111 Å². The summed E-state index contributed by atoms with van der Waals surface area (Å²) in [6.45, 7) is 11.0. The highest BCUT2D eigenvalue weighted by Crippen LogP contribution is 2.18. The third-order valence-corrected chi connectivity index (χ3v) is 3.41.